The minimum atomic E-state index is 0.475. The van der Waals surface area contributed by atoms with Crippen LogP contribution >= 0.6 is 0 Å². The van der Waals surface area contributed by atoms with Crippen LogP contribution in [0.5, 0.6) is 0 Å². The highest BCUT2D eigenvalue weighted by atomic mass is 14.9. The predicted molar refractivity (Wildman–Crippen MR) is 77.7 cm³/mol. The zero-order chi connectivity index (χ0) is 13.1. The lowest BCUT2D eigenvalue weighted by molar-refractivity contribution is 0.476. The third-order valence-corrected chi connectivity index (χ3v) is 3.70. The van der Waals surface area contributed by atoms with Gasteiger partial charge < -0.3 is 5.32 Å². The number of nitrogens with zero attached hydrogens (tertiary/aromatic N) is 1. The molecule has 0 amide bonds. The second-order valence-electron chi connectivity index (χ2n) is 5.38. The number of aromatic nitrogens is 1. The molecule has 1 aromatic carbocycles. The van der Waals surface area contributed by atoms with Crippen molar-refractivity contribution >= 4 is 0 Å². The van der Waals surface area contributed by atoms with E-state index in [9.17, 15) is 0 Å². The van der Waals surface area contributed by atoms with Gasteiger partial charge in [-0.25, -0.2) is 0 Å². The molecule has 0 saturated heterocycles. The molecule has 0 radical (unpaired) electrons. The summed E-state index contributed by atoms with van der Waals surface area (Å²) < 4.78 is 0. The van der Waals surface area contributed by atoms with Gasteiger partial charge in [-0.15, -0.1) is 0 Å². The van der Waals surface area contributed by atoms with Crippen LogP contribution in [-0.4, -0.2) is 4.98 Å². The smallest absolute Gasteiger partial charge is 0.0545 e. The maximum Gasteiger partial charge on any atom is 0.0545 e. The van der Waals surface area contributed by atoms with Crippen molar-refractivity contribution in [2.45, 2.75) is 32.4 Å². The lowest BCUT2D eigenvalue weighted by atomic mass is 10.0. The first-order chi connectivity index (χ1) is 9.33. The number of hydrogen-bond acceptors (Lipinski definition) is 2. The van der Waals surface area contributed by atoms with E-state index in [0.717, 1.165) is 23.9 Å². The number of benzene rings is 1. The first kappa shape index (κ1) is 12.4. The average Bonchev–Trinajstić information content (AvgIpc) is 3.25. The molecule has 1 unspecified atom stereocenters. The van der Waals surface area contributed by atoms with Crippen LogP contribution < -0.4 is 5.32 Å². The summed E-state index contributed by atoms with van der Waals surface area (Å²) in [6.45, 7) is 2.89. The van der Waals surface area contributed by atoms with Crippen molar-refractivity contribution in [2.75, 3.05) is 0 Å². The van der Waals surface area contributed by atoms with Crippen LogP contribution in [0.15, 0.2) is 48.5 Å². The highest BCUT2D eigenvalue weighted by Crippen LogP contribution is 2.41. The molecule has 19 heavy (non-hydrogen) atoms. The lowest BCUT2D eigenvalue weighted by Gasteiger charge is -2.18. The van der Waals surface area contributed by atoms with Crippen LogP contribution in [0.2, 0.25) is 0 Å². The minimum absolute atomic E-state index is 0.475. The number of rotatable bonds is 5. The van der Waals surface area contributed by atoms with Gasteiger partial charge in [0.1, 0.15) is 0 Å². The van der Waals surface area contributed by atoms with Gasteiger partial charge in [0.25, 0.3) is 0 Å². The van der Waals surface area contributed by atoms with Gasteiger partial charge >= 0.3 is 0 Å². The van der Waals surface area contributed by atoms with Crippen LogP contribution in [-0.2, 0) is 6.54 Å². The van der Waals surface area contributed by atoms with Gasteiger partial charge in [0.05, 0.1) is 5.69 Å². The SMILES string of the molecule is Cc1cccc(CNC(c2ccccc2)C2CC2)n1. The van der Waals surface area contributed by atoms with Crippen molar-refractivity contribution in [3.63, 3.8) is 0 Å². The van der Waals surface area contributed by atoms with Gasteiger partial charge in [-0.05, 0) is 43.4 Å². The number of aryl methyl sites for hydroxylation is 1. The molecule has 1 atom stereocenters. The summed E-state index contributed by atoms with van der Waals surface area (Å²) in [5.74, 6) is 0.798. The van der Waals surface area contributed by atoms with E-state index in [0.29, 0.717) is 6.04 Å². The standard InChI is InChI=1S/C17H20N2/c1-13-6-5-9-16(19-13)12-18-17(15-10-11-15)14-7-3-2-4-8-14/h2-9,15,17-18H,10-12H2,1H3. The molecule has 2 nitrogen and oxygen atoms in total. The predicted octanol–water partition coefficient (Wildman–Crippen LogP) is 3.63. The Morgan fingerprint density at radius 3 is 2.58 bits per heavy atom. The number of nitrogens with one attached hydrogen (secondary N) is 1. The Kier molecular flexibility index (Phi) is 3.60. The van der Waals surface area contributed by atoms with Crippen LogP contribution in [0.3, 0.4) is 0 Å². The molecule has 3 rings (SSSR count). The molecule has 0 bridgehead atoms. The van der Waals surface area contributed by atoms with Gasteiger partial charge in [-0.1, -0.05) is 36.4 Å². The molecule has 2 heteroatoms. The van der Waals surface area contributed by atoms with Crippen molar-refractivity contribution in [1.29, 1.82) is 0 Å². The van der Waals surface area contributed by atoms with E-state index in [1.807, 2.05) is 13.0 Å². The molecule has 98 valence electrons. The molecule has 1 aromatic heterocycles. The summed E-state index contributed by atoms with van der Waals surface area (Å²) in [7, 11) is 0. The molecule has 1 aliphatic rings. The topological polar surface area (TPSA) is 24.9 Å². The van der Waals surface area contributed by atoms with Crippen molar-refractivity contribution in [2.24, 2.45) is 5.92 Å². The molecular formula is C17H20N2. The fraction of sp³-hybridized carbons (Fsp3) is 0.353. The van der Waals surface area contributed by atoms with Crippen LogP contribution in [0.1, 0.15) is 35.8 Å². The Morgan fingerprint density at radius 2 is 1.89 bits per heavy atom. The van der Waals surface area contributed by atoms with Gasteiger partial charge in [0, 0.05) is 18.3 Å². The third kappa shape index (κ3) is 3.21. The fourth-order valence-electron chi connectivity index (χ4n) is 2.56. The highest BCUT2D eigenvalue weighted by molar-refractivity contribution is 5.21. The zero-order valence-electron chi connectivity index (χ0n) is 11.3. The van der Waals surface area contributed by atoms with E-state index < -0.39 is 0 Å². The molecule has 1 N–H and O–H groups in total. The molecule has 1 aliphatic carbocycles. The lowest BCUT2D eigenvalue weighted by Crippen LogP contribution is -2.23. The van der Waals surface area contributed by atoms with Crippen molar-refractivity contribution in [3.05, 3.63) is 65.5 Å². The maximum atomic E-state index is 4.56. The largest absolute Gasteiger partial charge is 0.304 e. The van der Waals surface area contributed by atoms with E-state index in [4.69, 9.17) is 0 Å². The van der Waals surface area contributed by atoms with Gasteiger partial charge in [0.2, 0.25) is 0 Å². The molecule has 2 aromatic rings. The van der Waals surface area contributed by atoms with E-state index in [-0.39, 0.29) is 0 Å². The van der Waals surface area contributed by atoms with Crippen molar-refractivity contribution < 1.29 is 0 Å². The van der Waals surface area contributed by atoms with E-state index in [1.165, 1.54) is 18.4 Å². The summed E-state index contributed by atoms with van der Waals surface area (Å²) in [6.07, 6.45) is 2.68. The van der Waals surface area contributed by atoms with Gasteiger partial charge in [-0.3, -0.25) is 4.98 Å². The van der Waals surface area contributed by atoms with Crippen molar-refractivity contribution in [3.8, 4) is 0 Å². The number of pyridine rings is 1. The summed E-state index contributed by atoms with van der Waals surface area (Å²) in [5.41, 5.74) is 3.61. The van der Waals surface area contributed by atoms with E-state index in [2.05, 4.69) is 52.8 Å². The normalized spacial score (nSPS) is 16.3. The maximum absolute atomic E-state index is 4.56. The first-order valence-electron chi connectivity index (χ1n) is 7.04. The summed E-state index contributed by atoms with van der Waals surface area (Å²) in [6, 6.07) is 17.5. The quantitative estimate of drug-likeness (QED) is 0.879. The van der Waals surface area contributed by atoms with Gasteiger partial charge in [-0.2, -0.15) is 0 Å². The van der Waals surface area contributed by atoms with E-state index in [1.54, 1.807) is 0 Å². The number of hydrogen-bond donors (Lipinski definition) is 1. The molecule has 0 spiro atoms. The molecular weight excluding hydrogens is 232 g/mol. The Labute approximate surface area is 114 Å². The Bertz CT molecular complexity index is 532. The van der Waals surface area contributed by atoms with Crippen LogP contribution in [0.4, 0.5) is 0 Å². The first-order valence-corrected chi connectivity index (χ1v) is 7.04. The molecule has 0 aliphatic heterocycles. The highest BCUT2D eigenvalue weighted by Gasteiger charge is 2.31. The Morgan fingerprint density at radius 1 is 1.11 bits per heavy atom. The fourth-order valence-corrected chi connectivity index (χ4v) is 2.56. The second kappa shape index (κ2) is 5.54. The van der Waals surface area contributed by atoms with E-state index >= 15 is 0 Å². The average molecular weight is 252 g/mol. The molecule has 1 heterocycles. The molecule has 1 fully saturated rings. The van der Waals surface area contributed by atoms with Crippen LogP contribution in [0, 0.1) is 12.8 Å². The zero-order valence-corrected chi connectivity index (χ0v) is 11.3. The Hall–Kier alpha value is -1.67. The monoisotopic (exact) mass is 252 g/mol. The summed E-state index contributed by atoms with van der Waals surface area (Å²) in [5, 5.41) is 3.68. The molecule has 1 saturated carbocycles. The van der Waals surface area contributed by atoms with Gasteiger partial charge in [0.15, 0.2) is 0 Å². The second-order valence-corrected chi connectivity index (χ2v) is 5.38. The third-order valence-electron chi connectivity index (χ3n) is 3.70. The summed E-state index contributed by atoms with van der Waals surface area (Å²) in [4.78, 5) is 4.56. The van der Waals surface area contributed by atoms with Crippen molar-refractivity contribution in [1.82, 2.24) is 10.3 Å². The Balaban J connectivity index is 1.69. The summed E-state index contributed by atoms with van der Waals surface area (Å²) >= 11 is 0. The minimum Gasteiger partial charge on any atom is -0.304 e. The van der Waals surface area contributed by atoms with Crippen LogP contribution in [0.25, 0.3) is 0 Å².